The summed E-state index contributed by atoms with van der Waals surface area (Å²) in [5.74, 6) is 0. The van der Waals surface area contributed by atoms with Crippen molar-refractivity contribution in [3.8, 4) is 0 Å². The number of benzene rings is 1. The number of methoxy groups -OCH3 is 2. The van der Waals surface area contributed by atoms with Crippen LogP contribution in [0.1, 0.15) is 23.3 Å². The van der Waals surface area contributed by atoms with Gasteiger partial charge in [-0.25, -0.2) is 0 Å². The summed E-state index contributed by atoms with van der Waals surface area (Å²) >= 11 is 0. The lowest BCUT2D eigenvalue weighted by Gasteiger charge is -2.16. The second-order valence-electron chi connectivity index (χ2n) is 3.60. The first-order chi connectivity index (χ1) is 7.72. The third-order valence-corrected chi connectivity index (χ3v) is 2.52. The molecule has 4 heteroatoms. The molecule has 4 nitrogen and oxygen atoms in total. The standard InChI is InChI=1S/C12H19NO3/c1-15-8-12(16-2)10-5-3-9(4-6-10)11(14)7-13/h3-6,11-12,14H,7-8,13H2,1-2H3/t11-,12+/m1/s1. The van der Waals surface area contributed by atoms with Crippen LogP contribution in [0.4, 0.5) is 0 Å². The molecule has 0 bridgehead atoms. The average Bonchev–Trinajstić information content (AvgIpc) is 2.35. The van der Waals surface area contributed by atoms with Crippen molar-refractivity contribution in [3.63, 3.8) is 0 Å². The van der Waals surface area contributed by atoms with E-state index in [1.807, 2.05) is 24.3 Å². The molecule has 0 radical (unpaired) electrons. The molecular formula is C12H19NO3. The lowest BCUT2D eigenvalue weighted by Crippen LogP contribution is -2.12. The minimum atomic E-state index is -0.600. The summed E-state index contributed by atoms with van der Waals surface area (Å²) < 4.78 is 10.3. The largest absolute Gasteiger partial charge is 0.387 e. The second kappa shape index (κ2) is 6.60. The van der Waals surface area contributed by atoms with Crippen LogP contribution in [-0.4, -0.2) is 32.5 Å². The van der Waals surface area contributed by atoms with Crippen molar-refractivity contribution in [2.75, 3.05) is 27.4 Å². The number of rotatable bonds is 6. The van der Waals surface area contributed by atoms with E-state index in [4.69, 9.17) is 15.2 Å². The Kier molecular flexibility index (Phi) is 5.42. The molecule has 0 fully saturated rings. The van der Waals surface area contributed by atoms with Crippen molar-refractivity contribution < 1.29 is 14.6 Å². The number of aliphatic hydroxyl groups excluding tert-OH is 1. The molecule has 0 aliphatic rings. The maximum Gasteiger partial charge on any atom is 0.105 e. The zero-order valence-electron chi connectivity index (χ0n) is 9.72. The highest BCUT2D eigenvalue weighted by Gasteiger charge is 2.11. The van der Waals surface area contributed by atoms with E-state index >= 15 is 0 Å². The van der Waals surface area contributed by atoms with Gasteiger partial charge in [-0.1, -0.05) is 24.3 Å². The number of hydrogen-bond donors (Lipinski definition) is 2. The summed E-state index contributed by atoms with van der Waals surface area (Å²) in [4.78, 5) is 0. The molecule has 0 amide bonds. The van der Waals surface area contributed by atoms with Crippen LogP contribution in [0.5, 0.6) is 0 Å². The molecule has 0 spiro atoms. The fourth-order valence-electron chi connectivity index (χ4n) is 1.52. The lowest BCUT2D eigenvalue weighted by atomic mass is 10.0. The molecule has 2 atom stereocenters. The van der Waals surface area contributed by atoms with Crippen molar-refractivity contribution in [2.45, 2.75) is 12.2 Å². The first-order valence-electron chi connectivity index (χ1n) is 5.22. The van der Waals surface area contributed by atoms with Gasteiger partial charge >= 0.3 is 0 Å². The monoisotopic (exact) mass is 225 g/mol. The summed E-state index contributed by atoms with van der Waals surface area (Å²) in [6, 6.07) is 7.55. The Bertz CT molecular complexity index is 300. The van der Waals surface area contributed by atoms with Gasteiger partial charge in [0, 0.05) is 20.8 Å². The molecule has 90 valence electrons. The highest BCUT2D eigenvalue weighted by Crippen LogP contribution is 2.19. The molecule has 1 aromatic carbocycles. The summed E-state index contributed by atoms with van der Waals surface area (Å²) in [6.45, 7) is 0.737. The van der Waals surface area contributed by atoms with Crippen molar-refractivity contribution in [1.82, 2.24) is 0 Å². The van der Waals surface area contributed by atoms with Gasteiger partial charge in [0.2, 0.25) is 0 Å². The fraction of sp³-hybridized carbons (Fsp3) is 0.500. The van der Waals surface area contributed by atoms with Crippen LogP contribution in [0, 0.1) is 0 Å². The van der Waals surface area contributed by atoms with Gasteiger partial charge in [-0.2, -0.15) is 0 Å². The normalized spacial score (nSPS) is 14.8. The van der Waals surface area contributed by atoms with Crippen LogP contribution in [0.3, 0.4) is 0 Å². The Morgan fingerprint density at radius 3 is 2.19 bits per heavy atom. The van der Waals surface area contributed by atoms with E-state index in [1.54, 1.807) is 14.2 Å². The molecule has 3 N–H and O–H groups in total. The Morgan fingerprint density at radius 1 is 1.19 bits per heavy atom. The molecular weight excluding hydrogens is 206 g/mol. The van der Waals surface area contributed by atoms with Crippen molar-refractivity contribution in [1.29, 1.82) is 0 Å². The maximum atomic E-state index is 9.54. The van der Waals surface area contributed by atoms with Crippen LogP contribution in [0.15, 0.2) is 24.3 Å². The number of hydrogen-bond acceptors (Lipinski definition) is 4. The first-order valence-corrected chi connectivity index (χ1v) is 5.22. The Balaban J connectivity index is 2.76. The van der Waals surface area contributed by atoms with Gasteiger partial charge in [0.1, 0.15) is 6.10 Å². The maximum absolute atomic E-state index is 9.54. The molecule has 0 heterocycles. The number of nitrogens with two attached hydrogens (primary N) is 1. The predicted octanol–water partition coefficient (Wildman–Crippen LogP) is 1.01. The summed E-state index contributed by atoms with van der Waals surface area (Å²) in [5.41, 5.74) is 7.22. The molecule has 16 heavy (non-hydrogen) atoms. The third-order valence-electron chi connectivity index (χ3n) is 2.52. The van der Waals surface area contributed by atoms with E-state index in [2.05, 4.69) is 0 Å². The highest BCUT2D eigenvalue weighted by atomic mass is 16.5. The minimum absolute atomic E-state index is 0.0749. The Morgan fingerprint density at radius 2 is 1.75 bits per heavy atom. The van der Waals surface area contributed by atoms with E-state index in [1.165, 1.54) is 0 Å². The van der Waals surface area contributed by atoms with E-state index < -0.39 is 6.10 Å². The molecule has 0 aliphatic carbocycles. The summed E-state index contributed by atoms with van der Waals surface area (Å²) in [6.07, 6.45) is -0.675. The molecule has 1 aromatic rings. The topological polar surface area (TPSA) is 64.7 Å². The van der Waals surface area contributed by atoms with Crippen LogP contribution in [0.25, 0.3) is 0 Å². The first kappa shape index (κ1) is 13.1. The zero-order chi connectivity index (χ0) is 12.0. The van der Waals surface area contributed by atoms with Gasteiger partial charge < -0.3 is 20.3 Å². The molecule has 0 aromatic heterocycles. The predicted molar refractivity (Wildman–Crippen MR) is 62.1 cm³/mol. The fourth-order valence-corrected chi connectivity index (χ4v) is 1.52. The van der Waals surface area contributed by atoms with Crippen LogP contribution >= 0.6 is 0 Å². The quantitative estimate of drug-likeness (QED) is 0.758. The molecule has 0 unspecified atom stereocenters. The van der Waals surface area contributed by atoms with Gasteiger partial charge in [-0.15, -0.1) is 0 Å². The van der Waals surface area contributed by atoms with Gasteiger partial charge in [-0.05, 0) is 11.1 Å². The van der Waals surface area contributed by atoms with Gasteiger partial charge in [-0.3, -0.25) is 0 Å². The second-order valence-corrected chi connectivity index (χ2v) is 3.60. The van der Waals surface area contributed by atoms with Gasteiger partial charge in [0.05, 0.1) is 12.7 Å². The van der Waals surface area contributed by atoms with Crippen molar-refractivity contribution >= 4 is 0 Å². The van der Waals surface area contributed by atoms with Crippen molar-refractivity contribution in [3.05, 3.63) is 35.4 Å². The zero-order valence-corrected chi connectivity index (χ0v) is 9.72. The number of aliphatic hydroxyl groups is 1. The number of ether oxygens (including phenoxy) is 2. The summed E-state index contributed by atoms with van der Waals surface area (Å²) in [7, 11) is 3.28. The van der Waals surface area contributed by atoms with Crippen LogP contribution < -0.4 is 5.73 Å². The molecule has 0 aliphatic heterocycles. The molecule has 1 rings (SSSR count). The molecule has 0 saturated carbocycles. The van der Waals surface area contributed by atoms with E-state index in [0.717, 1.165) is 11.1 Å². The summed E-state index contributed by atoms with van der Waals surface area (Å²) in [5, 5.41) is 9.54. The van der Waals surface area contributed by atoms with Gasteiger partial charge in [0.25, 0.3) is 0 Å². The van der Waals surface area contributed by atoms with E-state index in [0.29, 0.717) is 6.61 Å². The smallest absolute Gasteiger partial charge is 0.105 e. The van der Waals surface area contributed by atoms with Crippen molar-refractivity contribution in [2.24, 2.45) is 5.73 Å². The van der Waals surface area contributed by atoms with E-state index in [-0.39, 0.29) is 12.6 Å². The van der Waals surface area contributed by atoms with Crippen LogP contribution in [0.2, 0.25) is 0 Å². The van der Waals surface area contributed by atoms with Crippen LogP contribution in [-0.2, 0) is 9.47 Å². The van der Waals surface area contributed by atoms with Gasteiger partial charge in [0.15, 0.2) is 0 Å². The minimum Gasteiger partial charge on any atom is -0.387 e. The lowest BCUT2D eigenvalue weighted by molar-refractivity contribution is 0.0274. The highest BCUT2D eigenvalue weighted by molar-refractivity contribution is 5.26. The Hall–Kier alpha value is -0.940. The Labute approximate surface area is 96.0 Å². The van der Waals surface area contributed by atoms with E-state index in [9.17, 15) is 5.11 Å². The molecule has 0 saturated heterocycles. The third kappa shape index (κ3) is 3.28. The average molecular weight is 225 g/mol. The SMILES string of the molecule is COC[C@H](OC)c1ccc([C@H](O)CN)cc1.